The van der Waals surface area contributed by atoms with E-state index in [4.69, 9.17) is 9.68 Å². The lowest BCUT2D eigenvalue weighted by Crippen LogP contribution is -2.50. The van der Waals surface area contributed by atoms with Crippen LogP contribution in [0.15, 0.2) is 16.5 Å². The Kier molecular flexibility index (Phi) is 4.05. The highest BCUT2D eigenvalue weighted by Gasteiger charge is 2.33. The number of furan rings is 1. The van der Waals surface area contributed by atoms with Gasteiger partial charge in [0, 0.05) is 5.54 Å². The van der Waals surface area contributed by atoms with Crippen LogP contribution in [0.4, 0.5) is 0 Å². The lowest BCUT2D eigenvalue weighted by Gasteiger charge is -2.38. The van der Waals surface area contributed by atoms with E-state index in [2.05, 4.69) is 12.2 Å². The minimum Gasteiger partial charge on any atom is -0.449 e. The monoisotopic (exact) mass is 248 g/mol. The number of nitrogens with zero attached hydrogens (tertiary/aromatic N) is 1. The molecule has 1 aromatic rings. The van der Waals surface area contributed by atoms with E-state index in [0.29, 0.717) is 12.3 Å². The number of nitriles is 1. The average Bonchev–Trinajstić information content (AvgIpc) is 2.87. The highest BCUT2D eigenvalue weighted by atomic mass is 16.3. The summed E-state index contributed by atoms with van der Waals surface area (Å²) in [4.78, 5) is 0. The third-order valence-electron chi connectivity index (χ3n) is 3.94. The Labute approximate surface area is 108 Å². The predicted molar refractivity (Wildman–Crippen MR) is 67.7 cm³/mol. The third-order valence-corrected chi connectivity index (χ3v) is 3.94. The lowest BCUT2D eigenvalue weighted by atomic mass is 9.77. The van der Waals surface area contributed by atoms with Crippen molar-refractivity contribution in [2.45, 2.75) is 44.7 Å². The van der Waals surface area contributed by atoms with Crippen LogP contribution in [0, 0.1) is 17.2 Å². The SMILES string of the molecule is CC1CCC(CO)(NCc2ccc(C#N)o2)CC1. The topological polar surface area (TPSA) is 69.2 Å². The number of hydrogen-bond acceptors (Lipinski definition) is 4. The van der Waals surface area contributed by atoms with Gasteiger partial charge in [0.25, 0.3) is 0 Å². The van der Waals surface area contributed by atoms with Crippen molar-refractivity contribution in [2.75, 3.05) is 6.61 Å². The van der Waals surface area contributed by atoms with Gasteiger partial charge >= 0.3 is 0 Å². The first-order valence-electron chi connectivity index (χ1n) is 6.52. The van der Waals surface area contributed by atoms with Crippen LogP contribution in [0.1, 0.15) is 44.1 Å². The van der Waals surface area contributed by atoms with E-state index in [0.717, 1.165) is 37.4 Å². The van der Waals surface area contributed by atoms with Crippen LogP contribution in [0.25, 0.3) is 0 Å². The van der Waals surface area contributed by atoms with Crippen molar-refractivity contribution in [2.24, 2.45) is 5.92 Å². The molecule has 2 rings (SSSR count). The summed E-state index contributed by atoms with van der Waals surface area (Å²) in [6.07, 6.45) is 4.29. The fourth-order valence-electron chi connectivity index (χ4n) is 2.51. The van der Waals surface area contributed by atoms with E-state index >= 15 is 0 Å². The number of nitrogens with one attached hydrogen (secondary N) is 1. The summed E-state index contributed by atoms with van der Waals surface area (Å²) < 4.78 is 5.33. The predicted octanol–water partition coefficient (Wildman–Crippen LogP) is 2.18. The van der Waals surface area contributed by atoms with E-state index in [1.54, 1.807) is 6.07 Å². The molecule has 0 spiro atoms. The second kappa shape index (κ2) is 5.55. The molecule has 0 aromatic carbocycles. The maximum absolute atomic E-state index is 9.61. The Morgan fingerprint density at radius 2 is 2.22 bits per heavy atom. The van der Waals surface area contributed by atoms with Gasteiger partial charge in [-0.2, -0.15) is 5.26 Å². The Hall–Kier alpha value is -1.31. The van der Waals surface area contributed by atoms with Crippen LogP contribution >= 0.6 is 0 Å². The minimum atomic E-state index is -0.174. The van der Waals surface area contributed by atoms with Crippen LogP contribution in [-0.2, 0) is 6.54 Å². The van der Waals surface area contributed by atoms with Crippen molar-refractivity contribution in [1.29, 1.82) is 5.26 Å². The van der Waals surface area contributed by atoms with Gasteiger partial charge < -0.3 is 14.8 Å². The fraction of sp³-hybridized carbons (Fsp3) is 0.643. The largest absolute Gasteiger partial charge is 0.449 e. The molecule has 0 aliphatic heterocycles. The van der Waals surface area contributed by atoms with Gasteiger partial charge in [-0.25, -0.2) is 0 Å². The molecule has 0 saturated heterocycles. The molecular formula is C14H20N2O2. The first kappa shape index (κ1) is 13.1. The number of aliphatic hydroxyl groups excluding tert-OH is 1. The average molecular weight is 248 g/mol. The van der Waals surface area contributed by atoms with Gasteiger partial charge in [0.05, 0.1) is 13.2 Å². The molecule has 98 valence electrons. The standard InChI is InChI=1S/C14H20N2O2/c1-11-4-6-14(10-17,7-5-11)16-9-13-3-2-12(8-15)18-13/h2-3,11,16-17H,4-7,9-10H2,1H3. The van der Waals surface area contributed by atoms with Crippen LogP contribution in [0.2, 0.25) is 0 Å². The van der Waals surface area contributed by atoms with Gasteiger partial charge in [0.2, 0.25) is 5.76 Å². The zero-order chi connectivity index (χ0) is 13.0. The molecule has 0 amide bonds. The summed E-state index contributed by atoms with van der Waals surface area (Å²) in [5.74, 6) is 1.83. The number of aliphatic hydroxyl groups is 1. The molecule has 2 N–H and O–H groups in total. The molecule has 0 unspecified atom stereocenters. The maximum atomic E-state index is 9.61. The normalized spacial score (nSPS) is 27.9. The van der Waals surface area contributed by atoms with Gasteiger partial charge in [0.1, 0.15) is 11.8 Å². The Balaban J connectivity index is 1.93. The molecule has 1 heterocycles. The molecule has 1 aromatic heterocycles. The highest BCUT2D eigenvalue weighted by Crippen LogP contribution is 2.31. The zero-order valence-corrected chi connectivity index (χ0v) is 10.8. The summed E-state index contributed by atoms with van der Waals surface area (Å²) in [7, 11) is 0. The second-order valence-corrected chi connectivity index (χ2v) is 5.35. The van der Waals surface area contributed by atoms with Crippen molar-refractivity contribution in [3.63, 3.8) is 0 Å². The molecule has 4 heteroatoms. The van der Waals surface area contributed by atoms with Gasteiger partial charge in [-0.3, -0.25) is 0 Å². The molecule has 1 aliphatic rings. The van der Waals surface area contributed by atoms with Crippen molar-refractivity contribution in [1.82, 2.24) is 5.32 Å². The summed E-state index contributed by atoms with van der Waals surface area (Å²) in [5.41, 5.74) is -0.174. The van der Waals surface area contributed by atoms with Crippen LogP contribution in [0.3, 0.4) is 0 Å². The Morgan fingerprint density at radius 1 is 1.50 bits per heavy atom. The fourth-order valence-corrected chi connectivity index (χ4v) is 2.51. The van der Waals surface area contributed by atoms with Gasteiger partial charge in [0.15, 0.2) is 0 Å². The number of hydrogen-bond donors (Lipinski definition) is 2. The molecule has 1 aliphatic carbocycles. The summed E-state index contributed by atoms with van der Waals surface area (Å²) in [6.45, 7) is 2.98. The molecule has 0 radical (unpaired) electrons. The minimum absolute atomic E-state index is 0.158. The molecular weight excluding hydrogens is 228 g/mol. The van der Waals surface area contributed by atoms with E-state index < -0.39 is 0 Å². The van der Waals surface area contributed by atoms with Crippen LogP contribution in [-0.4, -0.2) is 17.3 Å². The van der Waals surface area contributed by atoms with Crippen molar-refractivity contribution in [3.05, 3.63) is 23.7 Å². The van der Waals surface area contributed by atoms with Gasteiger partial charge in [-0.1, -0.05) is 6.92 Å². The molecule has 4 nitrogen and oxygen atoms in total. The maximum Gasteiger partial charge on any atom is 0.203 e. The third kappa shape index (κ3) is 2.92. The first-order chi connectivity index (χ1) is 8.67. The number of rotatable bonds is 4. The van der Waals surface area contributed by atoms with Crippen molar-refractivity contribution < 1.29 is 9.52 Å². The van der Waals surface area contributed by atoms with Crippen molar-refractivity contribution in [3.8, 4) is 6.07 Å². The van der Waals surface area contributed by atoms with Crippen LogP contribution in [0.5, 0.6) is 0 Å². The molecule has 1 fully saturated rings. The lowest BCUT2D eigenvalue weighted by molar-refractivity contribution is 0.102. The molecule has 0 atom stereocenters. The summed E-state index contributed by atoms with van der Waals surface area (Å²) in [6, 6.07) is 5.45. The summed E-state index contributed by atoms with van der Waals surface area (Å²) in [5, 5.41) is 21.7. The van der Waals surface area contributed by atoms with Crippen LogP contribution < -0.4 is 5.32 Å². The highest BCUT2D eigenvalue weighted by molar-refractivity contribution is 5.19. The van der Waals surface area contributed by atoms with Gasteiger partial charge in [-0.15, -0.1) is 0 Å². The quantitative estimate of drug-likeness (QED) is 0.857. The van der Waals surface area contributed by atoms with Gasteiger partial charge in [-0.05, 0) is 43.7 Å². The summed E-state index contributed by atoms with van der Waals surface area (Å²) >= 11 is 0. The molecule has 0 bridgehead atoms. The first-order valence-corrected chi connectivity index (χ1v) is 6.52. The second-order valence-electron chi connectivity index (χ2n) is 5.35. The van der Waals surface area contributed by atoms with Crippen molar-refractivity contribution >= 4 is 0 Å². The van der Waals surface area contributed by atoms with E-state index in [9.17, 15) is 5.11 Å². The Bertz CT molecular complexity index is 425. The smallest absolute Gasteiger partial charge is 0.203 e. The Morgan fingerprint density at radius 3 is 2.78 bits per heavy atom. The van der Waals surface area contributed by atoms with E-state index in [1.807, 2.05) is 12.1 Å². The molecule has 18 heavy (non-hydrogen) atoms. The van der Waals surface area contributed by atoms with E-state index in [-0.39, 0.29) is 12.1 Å². The molecule has 1 saturated carbocycles. The zero-order valence-electron chi connectivity index (χ0n) is 10.8. The van der Waals surface area contributed by atoms with E-state index in [1.165, 1.54) is 0 Å².